The summed E-state index contributed by atoms with van der Waals surface area (Å²) in [7, 11) is 2.82. The number of ether oxygens (including phenoxy) is 4. The standard InChI is InChI=1S/C16H17F2NO5/c1-21-6-3-7-23-14-9-13(15(20)22-2)19-12-5-4-10(8-11(12)14)24-16(17)18/h4-5,8-9,16H,3,6-7H2,1-2H3. The molecule has 0 aliphatic heterocycles. The van der Waals surface area contributed by atoms with Crippen LogP contribution in [-0.4, -0.2) is 45.0 Å². The van der Waals surface area contributed by atoms with Crippen LogP contribution in [0.15, 0.2) is 24.3 Å². The number of methoxy groups -OCH3 is 2. The highest BCUT2D eigenvalue weighted by molar-refractivity contribution is 5.94. The van der Waals surface area contributed by atoms with Crippen molar-refractivity contribution >= 4 is 16.9 Å². The molecule has 2 aromatic rings. The van der Waals surface area contributed by atoms with Crippen molar-refractivity contribution in [2.75, 3.05) is 27.4 Å². The number of halogens is 2. The predicted octanol–water partition coefficient (Wildman–Crippen LogP) is 3.04. The van der Waals surface area contributed by atoms with E-state index in [1.54, 1.807) is 7.11 Å². The van der Waals surface area contributed by atoms with Crippen LogP contribution in [0.5, 0.6) is 11.5 Å². The predicted molar refractivity (Wildman–Crippen MR) is 81.7 cm³/mol. The molecule has 0 N–H and O–H groups in total. The van der Waals surface area contributed by atoms with Crippen LogP contribution in [0.4, 0.5) is 8.78 Å². The number of carbonyl (C=O) groups is 1. The molecule has 0 spiro atoms. The normalized spacial score (nSPS) is 10.9. The molecule has 1 aromatic heterocycles. The Labute approximate surface area is 137 Å². The van der Waals surface area contributed by atoms with Crippen LogP contribution in [0.2, 0.25) is 0 Å². The van der Waals surface area contributed by atoms with Crippen molar-refractivity contribution in [1.82, 2.24) is 4.98 Å². The van der Waals surface area contributed by atoms with Gasteiger partial charge in [-0.3, -0.25) is 0 Å². The molecular weight excluding hydrogens is 324 g/mol. The number of carbonyl (C=O) groups excluding carboxylic acids is 1. The van der Waals surface area contributed by atoms with Gasteiger partial charge in [-0.15, -0.1) is 0 Å². The molecule has 6 nitrogen and oxygen atoms in total. The fourth-order valence-electron chi connectivity index (χ4n) is 2.06. The Bertz CT molecular complexity index is 708. The number of esters is 1. The summed E-state index contributed by atoms with van der Waals surface area (Å²) in [5.41, 5.74) is 0.468. The Morgan fingerprint density at radius 1 is 1.21 bits per heavy atom. The molecule has 0 radical (unpaired) electrons. The first-order valence-corrected chi connectivity index (χ1v) is 7.15. The SMILES string of the molecule is COCCCOc1cc(C(=O)OC)nc2ccc(OC(F)F)cc12. The minimum absolute atomic E-state index is 0.0214. The van der Waals surface area contributed by atoms with Gasteiger partial charge in [-0.25, -0.2) is 9.78 Å². The van der Waals surface area contributed by atoms with Gasteiger partial charge in [-0.1, -0.05) is 0 Å². The van der Waals surface area contributed by atoms with Crippen LogP contribution >= 0.6 is 0 Å². The highest BCUT2D eigenvalue weighted by atomic mass is 19.3. The molecule has 0 unspecified atom stereocenters. The Morgan fingerprint density at radius 3 is 2.67 bits per heavy atom. The lowest BCUT2D eigenvalue weighted by Gasteiger charge is -2.12. The second-order valence-corrected chi connectivity index (χ2v) is 4.75. The maximum absolute atomic E-state index is 12.4. The molecular formula is C16H17F2NO5. The molecule has 0 saturated heterocycles. The van der Waals surface area contributed by atoms with Crippen molar-refractivity contribution in [3.63, 3.8) is 0 Å². The average molecular weight is 341 g/mol. The third-order valence-electron chi connectivity index (χ3n) is 3.11. The minimum Gasteiger partial charge on any atom is -0.493 e. The topological polar surface area (TPSA) is 66.9 Å². The van der Waals surface area contributed by atoms with Crippen LogP contribution in [0.1, 0.15) is 16.9 Å². The van der Waals surface area contributed by atoms with Crippen LogP contribution in [0.25, 0.3) is 10.9 Å². The molecule has 2 rings (SSSR count). The van der Waals surface area contributed by atoms with Crippen molar-refractivity contribution in [3.8, 4) is 11.5 Å². The molecule has 0 atom stereocenters. The molecule has 0 bridgehead atoms. The highest BCUT2D eigenvalue weighted by Gasteiger charge is 2.15. The fourth-order valence-corrected chi connectivity index (χ4v) is 2.06. The van der Waals surface area contributed by atoms with E-state index < -0.39 is 12.6 Å². The number of hydrogen-bond acceptors (Lipinski definition) is 6. The Kier molecular flexibility index (Phi) is 6.25. The van der Waals surface area contributed by atoms with E-state index in [4.69, 9.17) is 9.47 Å². The molecule has 0 aliphatic rings. The highest BCUT2D eigenvalue weighted by Crippen LogP contribution is 2.30. The van der Waals surface area contributed by atoms with E-state index >= 15 is 0 Å². The number of aromatic nitrogens is 1. The van der Waals surface area contributed by atoms with Gasteiger partial charge < -0.3 is 18.9 Å². The zero-order valence-electron chi connectivity index (χ0n) is 13.3. The van der Waals surface area contributed by atoms with Gasteiger partial charge in [0.15, 0.2) is 5.69 Å². The first-order chi connectivity index (χ1) is 11.5. The summed E-state index contributed by atoms with van der Waals surface area (Å²) < 4.78 is 44.4. The number of rotatable bonds is 8. The largest absolute Gasteiger partial charge is 0.493 e. The summed E-state index contributed by atoms with van der Waals surface area (Å²) >= 11 is 0. The van der Waals surface area contributed by atoms with Gasteiger partial charge in [-0.05, 0) is 18.2 Å². The summed E-state index contributed by atoms with van der Waals surface area (Å²) in [5.74, 6) is -0.311. The summed E-state index contributed by atoms with van der Waals surface area (Å²) in [4.78, 5) is 15.9. The van der Waals surface area contributed by atoms with E-state index in [9.17, 15) is 13.6 Å². The zero-order valence-corrected chi connectivity index (χ0v) is 13.3. The van der Waals surface area contributed by atoms with E-state index in [0.717, 1.165) is 0 Å². The van der Waals surface area contributed by atoms with E-state index in [1.165, 1.54) is 31.4 Å². The molecule has 1 heterocycles. The average Bonchev–Trinajstić information content (AvgIpc) is 2.57. The van der Waals surface area contributed by atoms with Gasteiger partial charge >= 0.3 is 12.6 Å². The summed E-state index contributed by atoms with van der Waals surface area (Å²) in [6, 6.07) is 5.62. The number of hydrogen-bond donors (Lipinski definition) is 0. The van der Waals surface area contributed by atoms with Gasteiger partial charge in [0.1, 0.15) is 11.5 Å². The van der Waals surface area contributed by atoms with E-state index in [0.29, 0.717) is 36.3 Å². The number of pyridine rings is 1. The maximum atomic E-state index is 12.4. The van der Waals surface area contributed by atoms with Crippen LogP contribution in [0, 0.1) is 0 Å². The number of benzene rings is 1. The second kappa shape index (κ2) is 8.39. The zero-order chi connectivity index (χ0) is 17.5. The third kappa shape index (κ3) is 4.51. The Morgan fingerprint density at radius 2 is 2.00 bits per heavy atom. The van der Waals surface area contributed by atoms with E-state index in [1.807, 2.05) is 0 Å². The lowest BCUT2D eigenvalue weighted by atomic mass is 10.1. The number of alkyl halides is 2. The van der Waals surface area contributed by atoms with Gasteiger partial charge in [0.25, 0.3) is 0 Å². The van der Waals surface area contributed by atoms with Gasteiger partial charge in [-0.2, -0.15) is 8.78 Å². The van der Waals surface area contributed by atoms with Crippen molar-refractivity contribution in [2.45, 2.75) is 13.0 Å². The van der Waals surface area contributed by atoms with Crippen molar-refractivity contribution in [2.24, 2.45) is 0 Å². The summed E-state index contributed by atoms with van der Waals surface area (Å²) in [5, 5.41) is 0.457. The van der Waals surface area contributed by atoms with Crippen molar-refractivity contribution in [1.29, 1.82) is 0 Å². The van der Waals surface area contributed by atoms with Crippen molar-refractivity contribution in [3.05, 3.63) is 30.0 Å². The number of nitrogens with zero attached hydrogens (tertiary/aromatic N) is 1. The first kappa shape index (κ1) is 17.9. The summed E-state index contributed by atoms with van der Waals surface area (Å²) in [6.45, 7) is -2.10. The molecule has 0 saturated carbocycles. The number of fused-ring (bicyclic) bond motifs is 1. The molecule has 0 aliphatic carbocycles. The van der Waals surface area contributed by atoms with Crippen molar-refractivity contribution < 1.29 is 32.5 Å². The first-order valence-electron chi connectivity index (χ1n) is 7.15. The quantitative estimate of drug-likeness (QED) is 0.543. The van der Waals surface area contributed by atoms with Gasteiger partial charge in [0, 0.05) is 31.6 Å². The monoisotopic (exact) mass is 341 g/mol. The Hall–Kier alpha value is -2.48. The fraction of sp³-hybridized carbons (Fsp3) is 0.375. The molecule has 0 amide bonds. The smallest absolute Gasteiger partial charge is 0.387 e. The molecule has 1 aromatic carbocycles. The maximum Gasteiger partial charge on any atom is 0.387 e. The molecule has 24 heavy (non-hydrogen) atoms. The third-order valence-corrected chi connectivity index (χ3v) is 3.11. The van der Waals surface area contributed by atoms with E-state index in [-0.39, 0.29) is 11.4 Å². The van der Waals surface area contributed by atoms with Crippen LogP contribution in [-0.2, 0) is 9.47 Å². The molecule has 8 heteroatoms. The second-order valence-electron chi connectivity index (χ2n) is 4.75. The van der Waals surface area contributed by atoms with Gasteiger partial charge in [0.2, 0.25) is 0 Å². The van der Waals surface area contributed by atoms with Crippen LogP contribution in [0.3, 0.4) is 0 Å². The van der Waals surface area contributed by atoms with Crippen LogP contribution < -0.4 is 9.47 Å². The summed E-state index contributed by atoms with van der Waals surface area (Å²) in [6.07, 6.45) is 0.626. The minimum atomic E-state index is -2.93. The molecule has 0 fully saturated rings. The lowest BCUT2D eigenvalue weighted by Crippen LogP contribution is -2.08. The van der Waals surface area contributed by atoms with E-state index in [2.05, 4.69) is 14.5 Å². The van der Waals surface area contributed by atoms with Gasteiger partial charge in [0.05, 0.1) is 19.2 Å². The lowest BCUT2D eigenvalue weighted by molar-refractivity contribution is -0.0497. The molecule has 130 valence electrons. The Balaban J connectivity index is 2.39.